The number of aryl methyl sites for hydroxylation is 2. The Morgan fingerprint density at radius 1 is 1.22 bits per heavy atom. The van der Waals surface area contributed by atoms with Crippen LogP contribution >= 0.6 is 34.7 Å². The molecule has 0 aliphatic rings. The van der Waals surface area contributed by atoms with Gasteiger partial charge >= 0.3 is 0 Å². The quantitative estimate of drug-likeness (QED) is 0.215. The molecule has 1 N–H and O–H groups in total. The average Bonchev–Trinajstić information content (AvgIpc) is 3.23. The van der Waals surface area contributed by atoms with Crippen molar-refractivity contribution in [2.75, 3.05) is 11.1 Å². The number of anilines is 1. The molecular weight excluding hydrogens is 464 g/mol. The number of pyridine rings is 1. The molecule has 1 amide bonds. The maximum absolute atomic E-state index is 13.3. The fourth-order valence-electron chi connectivity index (χ4n) is 3.21. The first kappa shape index (κ1) is 22.5. The summed E-state index contributed by atoms with van der Waals surface area (Å²) in [5, 5.41) is 4.16. The van der Waals surface area contributed by atoms with Crippen LogP contribution in [0, 0.1) is 0 Å². The highest BCUT2D eigenvalue weighted by Crippen LogP contribution is 2.26. The lowest BCUT2D eigenvalue weighted by atomic mass is 10.1. The fraction of sp³-hybridized carbons (Fsp3) is 0.217. The Hall–Kier alpha value is -2.68. The molecule has 0 unspecified atom stereocenters. The molecule has 0 spiro atoms. The molecule has 4 aromatic rings. The second kappa shape index (κ2) is 10.3. The van der Waals surface area contributed by atoms with Gasteiger partial charge in [0.25, 0.3) is 5.56 Å². The van der Waals surface area contributed by atoms with Gasteiger partial charge in [0.1, 0.15) is 4.83 Å². The van der Waals surface area contributed by atoms with Gasteiger partial charge in [-0.05, 0) is 36.6 Å². The first-order valence-electron chi connectivity index (χ1n) is 10.2. The molecule has 0 fully saturated rings. The summed E-state index contributed by atoms with van der Waals surface area (Å²) in [4.78, 5) is 36.3. The minimum absolute atomic E-state index is 0.0694. The Morgan fingerprint density at radius 2 is 2.03 bits per heavy atom. The van der Waals surface area contributed by atoms with Gasteiger partial charge in [-0.25, -0.2) is 9.97 Å². The summed E-state index contributed by atoms with van der Waals surface area (Å²) >= 11 is 8.79. The van der Waals surface area contributed by atoms with Gasteiger partial charge in [0.2, 0.25) is 5.91 Å². The number of halogens is 1. The van der Waals surface area contributed by atoms with Crippen LogP contribution in [0.4, 0.5) is 5.69 Å². The van der Waals surface area contributed by atoms with Crippen molar-refractivity contribution in [1.82, 2.24) is 14.5 Å². The number of hydrogen-bond donors (Lipinski definition) is 1. The third kappa shape index (κ3) is 5.20. The molecule has 3 aromatic heterocycles. The number of nitrogens with zero attached hydrogens (tertiary/aromatic N) is 3. The Kier molecular flexibility index (Phi) is 7.24. The molecule has 6 nitrogen and oxygen atoms in total. The summed E-state index contributed by atoms with van der Waals surface area (Å²) in [6.45, 7) is 2.55. The molecule has 1 aromatic carbocycles. The van der Waals surface area contributed by atoms with Crippen LogP contribution in [-0.4, -0.2) is 26.2 Å². The molecule has 9 heteroatoms. The van der Waals surface area contributed by atoms with Crippen molar-refractivity contribution < 1.29 is 4.79 Å². The van der Waals surface area contributed by atoms with Gasteiger partial charge in [0.15, 0.2) is 10.3 Å². The van der Waals surface area contributed by atoms with Crippen molar-refractivity contribution in [3.05, 3.63) is 80.7 Å². The topological polar surface area (TPSA) is 76.9 Å². The summed E-state index contributed by atoms with van der Waals surface area (Å²) in [6, 6.07) is 15.3. The molecule has 3 heterocycles. The number of rotatable bonds is 8. The first-order chi connectivity index (χ1) is 15.5. The van der Waals surface area contributed by atoms with E-state index >= 15 is 0 Å². The van der Waals surface area contributed by atoms with E-state index in [1.54, 1.807) is 22.9 Å². The van der Waals surface area contributed by atoms with Crippen LogP contribution in [0.25, 0.3) is 10.2 Å². The van der Waals surface area contributed by atoms with Crippen molar-refractivity contribution in [2.45, 2.75) is 31.5 Å². The van der Waals surface area contributed by atoms with Gasteiger partial charge < -0.3 is 5.32 Å². The number of hydrogen-bond acceptors (Lipinski definition) is 6. The Balaban J connectivity index is 1.58. The molecule has 164 valence electrons. The third-order valence-electron chi connectivity index (χ3n) is 4.85. The summed E-state index contributed by atoms with van der Waals surface area (Å²) < 4.78 is 1.68. The van der Waals surface area contributed by atoms with Crippen molar-refractivity contribution in [1.29, 1.82) is 0 Å². The number of carbonyl (C=O) groups excluding carboxylic acids is 1. The number of benzene rings is 1. The van der Waals surface area contributed by atoms with E-state index < -0.39 is 0 Å². The minimum atomic E-state index is -0.241. The van der Waals surface area contributed by atoms with Crippen molar-refractivity contribution in [3.8, 4) is 0 Å². The number of fused-ring (bicyclic) bond motifs is 1. The number of nitrogens with one attached hydrogen (secondary N) is 1. The number of carbonyl (C=O) groups is 1. The summed E-state index contributed by atoms with van der Waals surface area (Å²) in [7, 11) is 0. The Bertz CT molecular complexity index is 1300. The Morgan fingerprint density at radius 3 is 2.78 bits per heavy atom. The molecular formula is C23H21ClN4O2S2. The van der Waals surface area contributed by atoms with Crippen LogP contribution in [0.1, 0.15) is 17.4 Å². The molecule has 0 aliphatic heterocycles. The van der Waals surface area contributed by atoms with Crippen LogP contribution in [0.5, 0.6) is 0 Å². The van der Waals surface area contributed by atoms with Gasteiger partial charge in [-0.3, -0.25) is 14.2 Å². The van der Waals surface area contributed by atoms with E-state index in [-0.39, 0.29) is 22.4 Å². The lowest BCUT2D eigenvalue weighted by Crippen LogP contribution is -2.24. The molecule has 0 atom stereocenters. The standard InChI is InChI=1S/C23H21ClN4O2S2/c1-2-16-13-17-21(32-16)27-23(28(22(17)30)12-10-15-7-4-3-5-8-15)31-14-19(29)26-18-9-6-11-25-20(18)24/h3-9,11,13H,2,10,12,14H2,1H3,(H,26,29). The Labute approximate surface area is 198 Å². The molecule has 0 saturated carbocycles. The number of thiophene rings is 1. The SMILES string of the molecule is CCc1cc2c(=O)n(CCc3ccccc3)c(SCC(=O)Nc3cccnc3Cl)nc2s1. The summed E-state index contributed by atoms with van der Waals surface area (Å²) in [5.74, 6) is -0.144. The van der Waals surface area contributed by atoms with Gasteiger partial charge in [0.05, 0.1) is 16.8 Å². The highest BCUT2D eigenvalue weighted by molar-refractivity contribution is 7.99. The highest BCUT2D eigenvalue weighted by atomic mass is 35.5. The van der Waals surface area contributed by atoms with E-state index in [0.29, 0.717) is 34.0 Å². The van der Waals surface area contributed by atoms with Gasteiger partial charge in [-0.1, -0.05) is 60.6 Å². The lowest BCUT2D eigenvalue weighted by molar-refractivity contribution is -0.113. The van der Waals surface area contributed by atoms with Crippen LogP contribution < -0.4 is 10.9 Å². The van der Waals surface area contributed by atoms with Crippen molar-refractivity contribution in [2.24, 2.45) is 0 Å². The predicted molar refractivity (Wildman–Crippen MR) is 132 cm³/mol. The number of thioether (sulfide) groups is 1. The number of aromatic nitrogens is 3. The zero-order chi connectivity index (χ0) is 22.5. The van der Waals surface area contributed by atoms with E-state index in [0.717, 1.165) is 16.9 Å². The normalized spacial score (nSPS) is 11.1. The lowest BCUT2D eigenvalue weighted by Gasteiger charge is -2.12. The first-order valence-corrected chi connectivity index (χ1v) is 12.3. The molecule has 0 bridgehead atoms. The van der Waals surface area contributed by atoms with Crippen LogP contribution in [0.2, 0.25) is 5.15 Å². The molecule has 0 radical (unpaired) electrons. The smallest absolute Gasteiger partial charge is 0.262 e. The summed E-state index contributed by atoms with van der Waals surface area (Å²) in [5.41, 5.74) is 1.52. The van der Waals surface area contributed by atoms with Gasteiger partial charge in [0, 0.05) is 17.6 Å². The number of amides is 1. The van der Waals surface area contributed by atoms with E-state index in [4.69, 9.17) is 16.6 Å². The zero-order valence-electron chi connectivity index (χ0n) is 17.4. The van der Waals surface area contributed by atoms with Crippen LogP contribution in [-0.2, 0) is 24.2 Å². The van der Waals surface area contributed by atoms with E-state index in [1.807, 2.05) is 36.4 Å². The largest absolute Gasteiger partial charge is 0.323 e. The predicted octanol–water partition coefficient (Wildman–Crippen LogP) is 5.04. The second-order valence-electron chi connectivity index (χ2n) is 7.05. The van der Waals surface area contributed by atoms with Gasteiger partial charge in [-0.15, -0.1) is 11.3 Å². The molecule has 0 saturated heterocycles. The average molecular weight is 485 g/mol. The highest BCUT2D eigenvalue weighted by Gasteiger charge is 2.16. The summed E-state index contributed by atoms with van der Waals surface area (Å²) in [6.07, 6.45) is 3.11. The maximum atomic E-state index is 13.3. The molecule has 32 heavy (non-hydrogen) atoms. The maximum Gasteiger partial charge on any atom is 0.262 e. The molecule has 4 rings (SSSR count). The molecule has 0 aliphatic carbocycles. The van der Waals surface area contributed by atoms with E-state index in [1.165, 1.54) is 23.1 Å². The van der Waals surface area contributed by atoms with Crippen LogP contribution in [0.3, 0.4) is 0 Å². The second-order valence-corrected chi connectivity index (χ2v) is 9.47. The monoisotopic (exact) mass is 484 g/mol. The van der Waals surface area contributed by atoms with Gasteiger partial charge in [-0.2, -0.15) is 0 Å². The van der Waals surface area contributed by atoms with Crippen molar-refractivity contribution >= 4 is 56.5 Å². The fourth-order valence-corrected chi connectivity index (χ4v) is 5.21. The van der Waals surface area contributed by atoms with E-state index in [9.17, 15) is 9.59 Å². The third-order valence-corrected chi connectivity index (χ3v) is 7.30. The van der Waals surface area contributed by atoms with E-state index in [2.05, 4.69) is 17.2 Å². The minimum Gasteiger partial charge on any atom is -0.323 e. The van der Waals surface area contributed by atoms with Crippen molar-refractivity contribution in [3.63, 3.8) is 0 Å². The zero-order valence-corrected chi connectivity index (χ0v) is 19.8. The van der Waals surface area contributed by atoms with Crippen LogP contribution in [0.15, 0.2) is 64.7 Å².